The quantitative estimate of drug-likeness (QED) is 0.790. The summed E-state index contributed by atoms with van der Waals surface area (Å²) in [5.74, 6) is 0.529. The van der Waals surface area contributed by atoms with Crippen LogP contribution in [-0.4, -0.2) is 67.9 Å². The van der Waals surface area contributed by atoms with Gasteiger partial charge in [-0.2, -0.15) is 0 Å². The van der Waals surface area contributed by atoms with E-state index in [4.69, 9.17) is 23.2 Å². The summed E-state index contributed by atoms with van der Waals surface area (Å²) in [5, 5.41) is 1.01. The number of halogens is 2. The van der Waals surface area contributed by atoms with Crippen molar-refractivity contribution in [3.8, 4) is 0 Å². The van der Waals surface area contributed by atoms with Gasteiger partial charge in [-0.1, -0.05) is 29.3 Å². The summed E-state index contributed by atoms with van der Waals surface area (Å²) in [4.78, 5) is 16.5. The molecule has 0 spiro atoms. The van der Waals surface area contributed by atoms with Crippen LogP contribution in [0.2, 0.25) is 10.0 Å². The van der Waals surface area contributed by atoms with Crippen molar-refractivity contribution in [3.63, 3.8) is 0 Å². The summed E-state index contributed by atoms with van der Waals surface area (Å²) in [7, 11) is -2.88. The Morgan fingerprint density at radius 1 is 1.12 bits per heavy atom. The Labute approximate surface area is 152 Å². The molecule has 2 aliphatic rings. The first-order valence-electron chi connectivity index (χ1n) is 8.01. The molecule has 24 heavy (non-hydrogen) atoms. The van der Waals surface area contributed by atoms with Gasteiger partial charge in [0.1, 0.15) is 0 Å². The maximum absolute atomic E-state index is 12.5. The molecule has 3 rings (SSSR count). The van der Waals surface area contributed by atoms with Gasteiger partial charge in [-0.25, -0.2) is 8.42 Å². The van der Waals surface area contributed by atoms with Crippen LogP contribution in [0, 0.1) is 0 Å². The third kappa shape index (κ3) is 4.04. The van der Waals surface area contributed by atoms with Crippen LogP contribution in [0.4, 0.5) is 0 Å². The number of hydrogen-bond acceptors (Lipinski definition) is 4. The van der Waals surface area contributed by atoms with Crippen molar-refractivity contribution in [3.05, 3.63) is 33.8 Å². The highest BCUT2D eigenvalue weighted by atomic mass is 35.5. The second-order valence-corrected chi connectivity index (χ2v) is 9.39. The van der Waals surface area contributed by atoms with Gasteiger partial charge < -0.3 is 4.90 Å². The highest BCUT2D eigenvalue weighted by molar-refractivity contribution is 7.91. The number of sulfone groups is 1. The van der Waals surface area contributed by atoms with Crippen LogP contribution in [0.3, 0.4) is 0 Å². The molecule has 5 nitrogen and oxygen atoms in total. The number of piperazine rings is 1. The lowest BCUT2D eigenvalue weighted by Crippen LogP contribution is -2.52. The average Bonchev–Trinajstić information content (AvgIpc) is 2.91. The Morgan fingerprint density at radius 2 is 1.75 bits per heavy atom. The van der Waals surface area contributed by atoms with Gasteiger partial charge in [0.2, 0.25) is 5.91 Å². The number of carbonyl (C=O) groups is 1. The Balaban J connectivity index is 1.56. The van der Waals surface area contributed by atoms with Gasteiger partial charge in [-0.05, 0) is 24.1 Å². The van der Waals surface area contributed by atoms with Gasteiger partial charge >= 0.3 is 0 Å². The fraction of sp³-hybridized carbons (Fsp3) is 0.562. The summed E-state index contributed by atoms with van der Waals surface area (Å²) < 4.78 is 23.2. The highest BCUT2D eigenvalue weighted by Gasteiger charge is 2.34. The number of rotatable bonds is 3. The fourth-order valence-electron chi connectivity index (χ4n) is 3.36. The smallest absolute Gasteiger partial charge is 0.227 e. The zero-order valence-corrected chi connectivity index (χ0v) is 15.6. The predicted octanol–water partition coefficient (Wildman–Crippen LogP) is 1.87. The number of amides is 1. The lowest BCUT2D eigenvalue weighted by atomic mass is 10.1. The Hall–Kier alpha value is -0.820. The Kier molecular flexibility index (Phi) is 5.39. The molecule has 0 radical (unpaired) electrons. The van der Waals surface area contributed by atoms with Crippen LogP contribution in [0.25, 0.3) is 0 Å². The molecule has 2 heterocycles. The number of benzene rings is 1. The van der Waals surface area contributed by atoms with Crippen molar-refractivity contribution in [2.24, 2.45) is 0 Å². The molecule has 2 fully saturated rings. The van der Waals surface area contributed by atoms with E-state index in [0.29, 0.717) is 48.2 Å². The van der Waals surface area contributed by atoms with Gasteiger partial charge in [0.25, 0.3) is 0 Å². The van der Waals surface area contributed by atoms with Gasteiger partial charge in [0.05, 0.1) is 17.9 Å². The molecule has 1 aromatic rings. The van der Waals surface area contributed by atoms with E-state index in [1.165, 1.54) is 0 Å². The molecule has 1 atom stereocenters. The zero-order chi connectivity index (χ0) is 17.3. The van der Waals surface area contributed by atoms with Gasteiger partial charge in [0, 0.05) is 42.3 Å². The van der Waals surface area contributed by atoms with Crippen molar-refractivity contribution >= 4 is 38.9 Å². The van der Waals surface area contributed by atoms with E-state index >= 15 is 0 Å². The number of carbonyl (C=O) groups excluding carboxylic acids is 1. The van der Waals surface area contributed by atoms with Gasteiger partial charge in [0.15, 0.2) is 9.84 Å². The minimum atomic E-state index is -2.88. The van der Waals surface area contributed by atoms with Crippen molar-refractivity contribution in [2.75, 3.05) is 37.7 Å². The summed E-state index contributed by atoms with van der Waals surface area (Å²) in [6.07, 6.45) is 0.891. The summed E-state index contributed by atoms with van der Waals surface area (Å²) in [5.41, 5.74) is 0.662. The second-order valence-electron chi connectivity index (χ2n) is 6.35. The third-order valence-electron chi connectivity index (χ3n) is 4.78. The summed E-state index contributed by atoms with van der Waals surface area (Å²) in [6, 6.07) is 5.32. The molecular formula is C16H20Cl2N2O3S. The predicted molar refractivity (Wildman–Crippen MR) is 95.4 cm³/mol. The monoisotopic (exact) mass is 390 g/mol. The second kappa shape index (κ2) is 7.20. The van der Waals surface area contributed by atoms with E-state index in [9.17, 15) is 13.2 Å². The van der Waals surface area contributed by atoms with Crippen molar-refractivity contribution < 1.29 is 13.2 Å². The molecule has 2 saturated heterocycles. The Bertz CT molecular complexity index is 711. The maximum Gasteiger partial charge on any atom is 0.227 e. The van der Waals surface area contributed by atoms with Crippen molar-refractivity contribution in [2.45, 2.75) is 18.9 Å². The van der Waals surface area contributed by atoms with Crippen LogP contribution < -0.4 is 0 Å². The summed E-state index contributed by atoms with van der Waals surface area (Å²) >= 11 is 12.3. The summed E-state index contributed by atoms with van der Waals surface area (Å²) in [6.45, 7) is 2.64. The molecule has 0 aliphatic carbocycles. The first kappa shape index (κ1) is 18.0. The molecular weight excluding hydrogens is 371 g/mol. The minimum Gasteiger partial charge on any atom is -0.340 e. The van der Waals surface area contributed by atoms with Crippen LogP contribution in [0.1, 0.15) is 12.0 Å². The number of nitrogens with zero attached hydrogens (tertiary/aromatic N) is 2. The fourth-order valence-corrected chi connectivity index (χ4v) is 5.66. The number of hydrogen-bond donors (Lipinski definition) is 0. The molecule has 8 heteroatoms. The lowest BCUT2D eigenvalue weighted by Gasteiger charge is -2.37. The minimum absolute atomic E-state index is 0.00342. The molecule has 2 aliphatic heterocycles. The van der Waals surface area contributed by atoms with E-state index in [1.807, 2.05) is 0 Å². The molecule has 0 saturated carbocycles. The highest BCUT2D eigenvalue weighted by Crippen LogP contribution is 2.25. The van der Waals surface area contributed by atoms with Gasteiger partial charge in [-0.3, -0.25) is 9.69 Å². The van der Waals surface area contributed by atoms with Crippen molar-refractivity contribution in [1.29, 1.82) is 0 Å². The van der Waals surface area contributed by atoms with Crippen molar-refractivity contribution in [1.82, 2.24) is 9.80 Å². The molecule has 0 N–H and O–H groups in total. The van der Waals surface area contributed by atoms with Crippen LogP contribution in [0.5, 0.6) is 0 Å². The van der Waals surface area contributed by atoms with E-state index in [2.05, 4.69) is 4.90 Å². The Morgan fingerprint density at radius 3 is 2.29 bits per heavy atom. The van der Waals surface area contributed by atoms with Crippen LogP contribution in [0.15, 0.2) is 18.2 Å². The van der Waals surface area contributed by atoms with E-state index in [0.717, 1.165) is 0 Å². The normalized spacial score (nSPS) is 24.2. The molecule has 1 unspecified atom stereocenters. The first-order valence-corrected chi connectivity index (χ1v) is 10.6. The van der Waals surface area contributed by atoms with E-state index in [1.54, 1.807) is 23.1 Å². The third-order valence-corrected chi connectivity index (χ3v) is 7.24. The van der Waals surface area contributed by atoms with Crippen LogP contribution in [-0.2, 0) is 21.1 Å². The molecule has 1 aromatic carbocycles. The van der Waals surface area contributed by atoms with Gasteiger partial charge in [-0.15, -0.1) is 0 Å². The topological polar surface area (TPSA) is 57.7 Å². The van der Waals surface area contributed by atoms with E-state index in [-0.39, 0.29) is 29.9 Å². The SMILES string of the molecule is O=C(Cc1c(Cl)cccc1Cl)N1CCN(C2CCS(=O)(=O)C2)CC1. The van der Waals surface area contributed by atoms with Crippen LogP contribution >= 0.6 is 23.2 Å². The molecule has 0 aromatic heterocycles. The average molecular weight is 391 g/mol. The first-order chi connectivity index (χ1) is 11.4. The standard InChI is InChI=1S/C16H20Cl2N2O3S/c17-14-2-1-3-15(18)13(14)10-16(21)20-7-5-19(6-8-20)12-4-9-24(22,23)11-12/h1-3,12H,4-11H2. The largest absolute Gasteiger partial charge is 0.340 e. The maximum atomic E-state index is 12.5. The molecule has 1 amide bonds. The lowest BCUT2D eigenvalue weighted by molar-refractivity contribution is -0.132. The molecule has 132 valence electrons. The van der Waals surface area contributed by atoms with E-state index < -0.39 is 9.84 Å². The zero-order valence-electron chi connectivity index (χ0n) is 13.2. The molecule has 0 bridgehead atoms.